The molecule has 6 nitrogen and oxygen atoms in total. The van der Waals surface area contributed by atoms with Crippen molar-refractivity contribution >= 4 is 0 Å². The van der Waals surface area contributed by atoms with Crippen LogP contribution < -0.4 is 0 Å². The van der Waals surface area contributed by atoms with Crippen LogP contribution in [0.2, 0.25) is 0 Å². The fraction of sp³-hybridized carbons (Fsp3) is 1.00. The summed E-state index contributed by atoms with van der Waals surface area (Å²) in [6.07, 6.45) is -7.76. The number of rotatable bonds is 3. The van der Waals surface area contributed by atoms with E-state index in [4.69, 9.17) is 4.74 Å². The van der Waals surface area contributed by atoms with E-state index in [2.05, 4.69) is 0 Å². The first kappa shape index (κ1) is 12.8. The largest absolute Gasteiger partial charge is 0.387 e. The first-order valence-corrected chi connectivity index (χ1v) is 5.02. The molecule has 6 atom stereocenters. The first-order valence-electron chi connectivity index (χ1n) is 5.02. The van der Waals surface area contributed by atoms with Gasteiger partial charge in [-0.15, -0.1) is 0 Å². The lowest BCUT2D eigenvalue weighted by molar-refractivity contribution is -0.235. The zero-order chi connectivity index (χ0) is 11.6. The van der Waals surface area contributed by atoms with Crippen LogP contribution in [0, 0.1) is 0 Å². The van der Waals surface area contributed by atoms with Crippen molar-refractivity contribution in [2.75, 3.05) is 6.61 Å². The quantitative estimate of drug-likeness (QED) is 0.364. The van der Waals surface area contributed by atoms with E-state index < -0.39 is 36.6 Å². The molecular formula is C9H18O6. The van der Waals surface area contributed by atoms with E-state index in [1.54, 1.807) is 0 Å². The predicted molar refractivity (Wildman–Crippen MR) is 50.1 cm³/mol. The molecule has 0 aromatic heterocycles. The van der Waals surface area contributed by atoms with E-state index in [9.17, 15) is 25.5 Å². The monoisotopic (exact) mass is 222 g/mol. The Bertz CT molecular complexity index is 183. The minimum atomic E-state index is -1.56. The van der Waals surface area contributed by atoms with E-state index >= 15 is 0 Å². The van der Waals surface area contributed by atoms with Crippen LogP contribution >= 0.6 is 0 Å². The predicted octanol–water partition coefficient (Wildman–Crippen LogP) is -2.40. The summed E-state index contributed by atoms with van der Waals surface area (Å²) >= 11 is 0. The average Bonchev–Trinajstić information content (AvgIpc) is 2.24. The van der Waals surface area contributed by atoms with Crippen molar-refractivity contribution in [2.24, 2.45) is 0 Å². The molecule has 0 aliphatic heterocycles. The van der Waals surface area contributed by atoms with Gasteiger partial charge in [-0.3, -0.25) is 0 Å². The highest BCUT2D eigenvalue weighted by Gasteiger charge is 2.48. The van der Waals surface area contributed by atoms with Gasteiger partial charge in [0.2, 0.25) is 0 Å². The van der Waals surface area contributed by atoms with Crippen LogP contribution in [0.4, 0.5) is 0 Å². The van der Waals surface area contributed by atoms with Crippen molar-refractivity contribution in [1.82, 2.24) is 0 Å². The Labute approximate surface area is 87.7 Å². The van der Waals surface area contributed by atoms with E-state index in [-0.39, 0.29) is 0 Å². The third kappa shape index (κ3) is 2.47. The highest BCUT2D eigenvalue weighted by Crippen LogP contribution is 2.23. The summed E-state index contributed by atoms with van der Waals surface area (Å²) in [5.74, 6) is 0. The smallest absolute Gasteiger partial charge is 0.114 e. The molecule has 0 spiro atoms. The summed E-state index contributed by atoms with van der Waals surface area (Å²) in [6.45, 7) is 2.15. The Morgan fingerprint density at radius 3 is 1.60 bits per heavy atom. The van der Waals surface area contributed by atoms with Crippen molar-refractivity contribution in [3.05, 3.63) is 0 Å². The number of aliphatic hydroxyl groups is 5. The molecule has 1 saturated carbocycles. The van der Waals surface area contributed by atoms with Gasteiger partial charge in [0.15, 0.2) is 0 Å². The maximum absolute atomic E-state index is 9.52. The molecule has 0 aromatic rings. The van der Waals surface area contributed by atoms with Crippen LogP contribution in [0.25, 0.3) is 0 Å². The Balaban J connectivity index is 2.68. The highest BCUT2D eigenvalue weighted by atomic mass is 16.5. The fourth-order valence-electron chi connectivity index (χ4n) is 1.65. The minimum absolute atomic E-state index is 0.300. The second-order valence-electron chi connectivity index (χ2n) is 3.79. The summed E-state index contributed by atoms with van der Waals surface area (Å²) in [5, 5.41) is 47.0. The molecule has 15 heavy (non-hydrogen) atoms. The van der Waals surface area contributed by atoms with Crippen molar-refractivity contribution in [1.29, 1.82) is 0 Å². The SMILES string of the molecule is CCCO[C@H]1[C@H](O)[C@H](O)[C@H](O)[C@@H](O)[C@@H]1O. The van der Waals surface area contributed by atoms with Crippen molar-refractivity contribution in [3.8, 4) is 0 Å². The lowest BCUT2D eigenvalue weighted by Gasteiger charge is -2.41. The number of hydrogen-bond acceptors (Lipinski definition) is 6. The van der Waals surface area contributed by atoms with Gasteiger partial charge >= 0.3 is 0 Å². The molecule has 1 fully saturated rings. The molecule has 0 unspecified atom stereocenters. The van der Waals surface area contributed by atoms with Gasteiger partial charge in [0.05, 0.1) is 0 Å². The van der Waals surface area contributed by atoms with E-state index in [0.717, 1.165) is 0 Å². The molecule has 0 aromatic carbocycles. The summed E-state index contributed by atoms with van der Waals surface area (Å²) in [6, 6.07) is 0. The third-order valence-electron chi connectivity index (χ3n) is 2.59. The number of hydrogen-bond donors (Lipinski definition) is 5. The number of aliphatic hydroxyl groups excluding tert-OH is 5. The molecule has 0 bridgehead atoms. The van der Waals surface area contributed by atoms with Crippen molar-refractivity contribution in [2.45, 2.75) is 50.0 Å². The summed E-state index contributed by atoms with van der Waals surface area (Å²) in [4.78, 5) is 0. The molecule has 1 aliphatic rings. The Kier molecular flexibility index (Phi) is 4.45. The second-order valence-corrected chi connectivity index (χ2v) is 3.79. The van der Waals surface area contributed by atoms with Gasteiger partial charge in [0, 0.05) is 6.61 Å². The first-order chi connectivity index (χ1) is 7.00. The molecule has 5 N–H and O–H groups in total. The van der Waals surface area contributed by atoms with Crippen LogP contribution in [0.5, 0.6) is 0 Å². The standard InChI is InChI=1S/C9H18O6/c1-2-3-15-9-7(13)5(11)4(10)6(12)8(9)14/h4-14H,2-3H2,1H3/t4-,5-,6-,7+,8-,9-/m1/s1. The molecular weight excluding hydrogens is 204 g/mol. The van der Waals surface area contributed by atoms with Crippen molar-refractivity contribution < 1.29 is 30.3 Å². The third-order valence-corrected chi connectivity index (χ3v) is 2.59. The molecule has 0 radical (unpaired) electrons. The molecule has 0 amide bonds. The zero-order valence-electron chi connectivity index (χ0n) is 8.52. The average molecular weight is 222 g/mol. The lowest BCUT2D eigenvalue weighted by Crippen LogP contribution is -2.64. The van der Waals surface area contributed by atoms with E-state index in [1.807, 2.05) is 6.92 Å². The maximum Gasteiger partial charge on any atom is 0.114 e. The molecule has 0 heterocycles. The Hall–Kier alpha value is -0.240. The van der Waals surface area contributed by atoms with Crippen molar-refractivity contribution in [3.63, 3.8) is 0 Å². The molecule has 6 heteroatoms. The van der Waals surface area contributed by atoms with Crippen LogP contribution in [0.1, 0.15) is 13.3 Å². The summed E-state index contributed by atoms with van der Waals surface area (Å²) < 4.78 is 5.11. The topological polar surface area (TPSA) is 110 Å². The second kappa shape index (κ2) is 5.20. The summed E-state index contributed by atoms with van der Waals surface area (Å²) in [5.41, 5.74) is 0. The van der Waals surface area contributed by atoms with Crippen LogP contribution in [-0.2, 0) is 4.74 Å². The Morgan fingerprint density at radius 2 is 1.20 bits per heavy atom. The van der Waals surface area contributed by atoms with Crippen LogP contribution in [0.15, 0.2) is 0 Å². The van der Waals surface area contributed by atoms with Gasteiger partial charge in [-0.1, -0.05) is 6.92 Å². The Morgan fingerprint density at radius 1 is 0.800 bits per heavy atom. The van der Waals surface area contributed by atoms with Gasteiger partial charge < -0.3 is 30.3 Å². The molecule has 1 rings (SSSR count). The molecule has 0 saturated heterocycles. The summed E-state index contributed by atoms with van der Waals surface area (Å²) in [7, 11) is 0. The van der Waals surface area contributed by atoms with Gasteiger partial charge in [-0.2, -0.15) is 0 Å². The maximum atomic E-state index is 9.52. The van der Waals surface area contributed by atoms with Gasteiger partial charge in [-0.25, -0.2) is 0 Å². The number of ether oxygens (including phenoxy) is 1. The highest BCUT2D eigenvalue weighted by molar-refractivity contribution is 4.99. The molecule has 1 aliphatic carbocycles. The van der Waals surface area contributed by atoms with Gasteiger partial charge in [0.1, 0.15) is 36.6 Å². The minimum Gasteiger partial charge on any atom is -0.387 e. The van der Waals surface area contributed by atoms with Gasteiger partial charge in [0.25, 0.3) is 0 Å². The van der Waals surface area contributed by atoms with Crippen LogP contribution in [-0.4, -0.2) is 68.8 Å². The van der Waals surface area contributed by atoms with E-state index in [0.29, 0.717) is 13.0 Å². The van der Waals surface area contributed by atoms with E-state index in [1.165, 1.54) is 0 Å². The lowest BCUT2D eigenvalue weighted by atomic mass is 9.85. The molecule has 90 valence electrons. The van der Waals surface area contributed by atoms with Crippen LogP contribution in [0.3, 0.4) is 0 Å². The fourth-order valence-corrected chi connectivity index (χ4v) is 1.65. The van der Waals surface area contributed by atoms with Gasteiger partial charge in [-0.05, 0) is 6.42 Å². The normalized spacial score (nSPS) is 46.8. The zero-order valence-corrected chi connectivity index (χ0v) is 8.52.